The van der Waals surface area contributed by atoms with Crippen molar-refractivity contribution in [3.05, 3.63) is 23.3 Å². The predicted octanol–water partition coefficient (Wildman–Crippen LogP) is 2.54. The van der Waals surface area contributed by atoms with Crippen molar-refractivity contribution >= 4 is 0 Å². The molecule has 2 rings (SSSR count). The number of halogens is 1. The van der Waals surface area contributed by atoms with Crippen LogP contribution in [0.25, 0.3) is 0 Å². The number of aliphatic hydroxyl groups is 1. The lowest BCUT2D eigenvalue weighted by molar-refractivity contribution is 0.172. The molecule has 0 fully saturated rings. The lowest BCUT2D eigenvalue weighted by atomic mass is 9.97. The van der Waals surface area contributed by atoms with Crippen LogP contribution in [0.2, 0.25) is 0 Å². The fourth-order valence-electron chi connectivity index (χ4n) is 1.75. The van der Waals surface area contributed by atoms with E-state index < -0.39 is 6.17 Å². The van der Waals surface area contributed by atoms with E-state index in [1.165, 1.54) is 6.92 Å². The molecule has 0 saturated carbocycles. The van der Waals surface area contributed by atoms with Crippen LogP contribution in [0.1, 0.15) is 37.1 Å². The highest BCUT2D eigenvalue weighted by Gasteiger charge is 2.23. The Balaban J connectivity index is 2.49. The number of fused-ring (bicyclic) bond motifs is 1. The molecule has 3 nitrogen and oxygen atoms in total. The fourth-order valence-corrected chi connectivity index (χ4v) is 1.75. The molecule has 0 radical (unpaired) electrons. The zero-order chi connectivity index (χ0) is 11.7. The Kier molecular flexibility index (Phi) is 3.01. The summed E-state index contributed by atoms with van der Waals surface area (Å²) in [4.78, 5) is 0. The van der Waals surface area contributed by atoms with Gasteiger partial charge in [0.05, 0.1) is 0 Å². The molecule has 1 aliphatic rings. The summed E-state index contributed by atoms with van der Waals surface area (Å²) in [5, 5.41) is 9.16. The van der Waals surface area contributed by atoms with E-state index in [0.29, 0.717) is 17.1 Å². The third-order valence-electron chi connectivity index (χ3n) is 2.79. The van der Waals surface area contributed by atoms with Gasteiger partial charge in [-0.05, 0) is 24.6 Å². The second-order valence-corrected chi connectivity index (χ2v) is 4.04. The zero-order valence-corrected chi connectivity index (χ0v) is 9.37. The molecular formula is C12H15FO3. The van der Waals surface area contributed by atoms with Gasteiger partial charge in [-0.3, -0.25) is 0 Å². The quantitative estimate of drug-likeness (QED) is 0.860. The molecule has 1 aliphatic heterocycles. The molecule has 1 aromatic rings. The third kappa shape index (κ3) is 1.85. The average Bonchev–Trinajstić information content (AvgIpc) is 2.74. The van der Waals surface area contributed by atoms with Crippen LogP contribution in [0.4, 0.5) is 4.39 Å². The lowest BCUT2D eigenvalue weighted by Gasteiger charge is -2.14. The van der Waals surface area contributed by atoms with Crippen LogP contribution in [-0.4, -0.2) is 18.5 Å². The van der Waals surface area contributed by atoms with E-state index in [1.54, 1.807) is 12.1 Å². The number of ether oxygens (including phenoxy) is 2. The Morgan fingerprint density at radius 2 is 2.12 bits per heavy atom. The number of hydrogen-bond acceptors (Lipinski definition) is 3. The topological polar surface area (TPSA) is 38.7 Å². The van der Waals surface area contributed by atoms with Gasteiger partial charge >= 0.3 is 0 Å². The van der Waals surface area contributed by atoms with E-state index >= 15 is 0 Å². The standard InChI is InChI=1S/C12H15FO3/c1-7(5-14)10-3-9(8(2)13)4-11-12(10)16-6-15-11/h3-4,7-8,14H,5-6H2,1-2H3. The SMILES string of the molecule is CC(F)c1cc2c(c(C(C)CO)c1)OCO2. The fraction of sp³-hybridized carbons (Fsp3) is 0.500. The Labute approximate surface area is 93.8 Å². The van der Waals surface area contributed by atoms with E-state index in [1.807, 2.05) is 6.92 Å². The van der Waals surface area contributed by atoms with Crippen molar-refractivity contribution in [2.45, 2.75) is 25.9 Å². The maximum Gasteiger partial charge on any atom is 0.231 e. The van der Waals surface area contributed by atoms with E-state index in [4.69, 9.17) is 14.6 Å². The van der Waals surface area contributed by atoms with E-state index in [9.17, 15) is 4.39 Å². The van der Waals surface area contributed by atoms with Crippen LogP contribution in [0.5, 0.6) is 11.5 Å². The van der Waals surface area contributed by atoms with Crippen molar-refractivity contribution in [2.75, 3.05) is 13.4 Å². The van der Waals surface area contributed by atoms with Crippen LogP contribution in [0.15, 0.2) is 12.1 Å². The molecule has 0 saturated heterocycles. The van der Waals surface area contributed by atoms with Crippen molar-refractivity contribution in [3.63, 3.8) is 0 Å². The van der Waals surface area contributed by atoms with Gasteiger partial charge in [-0.25, -0.2) is 4.39 Å². The third-order valence-corrected chi connectivity index (χ3v) is 2.79. The number of benzene rings is 1. The Hall–Kier alpha value is -1.29. The molecular weight excluding hydrogens is 211 g/mol. The molecule has 0 aliphatic carbocycles. The van der Waals surface area contributed by atoms with E-state index in [-0.39, 0.29) is 19.3 Å². The minimum Gasteiger partial charge on any atom is -0.454 e. The Morgan fingerprint density at radius 3 is 2.75 bits per heavy atom. The largest absolute Gasteiger partial charge is 0.454 e. The van der Waals surface area contributed by atoms with Gasteiger partial charge in [-0.15, -0.1) is 0 Å². The van der Waals surface area contributed by atoms with Gasteiger partial charge in [0.2, 0.25) is 6.79 Å². The molecule has 2 atom stereocenters. The Bertz CT molecular complexity index is 390. The highest BCUT2D eigenvalue weighted by atomic mass is 19.1. The number of alkyl halides is 1. The van der Waals surface area contributed by atoms with Gasteiger partial charge in [0, 0.05) is 18.1 Å². The summed E-state index contributed by atoms with van der Waals surface area (Å²) in [7, 11) is 0. The Morgan fingerprint density at radius 1 is 1.38 bits per heavy atom. The van der Waals surface area contributed by atoms with Gasteiger partial charge < -0.3 is 14.6 Å². The van der Waals surface area contributed by atoms with E-state index in [2.05, 4.69) is 0 Å². The smallest absolute Gasteiger partial charge is 0.231 e. The molecule has 88 valence electrons. The lowest BCUT2D eigenvalue weighted by Crippen LogP contribution is -2.02. The van der Waals surface area contributed by atoms with Crippen LogP contribution < -0.4 is 9.47 Å². The van der Waals surface area contributed by atoms with Crippen molar-refractivity contribution in [2.24, 2.45) is 0 Å². The summed E-state index contributed by atoms with van der Waals surface area (Å²) in [6.45, 7) is 3.50. The first kappa shape index (κ1) is 11.2. The van der Waals surface area contributed by atoms with Gasteiger partial charge in [-0.2, -0.15) is 0 Å². The number of aliphatic hydroxyl groups excluding tert-OH is 1. The zero-order valence-electron chi connectivity index (χ0n) is 9.37. The van der Waals surface area contributed by atoms with Crippen molar-refractivity contribution in [3.8, 4) is 11.5 Å². The van der Waals surface area contributed by atoms with Gasteiger partial charge in [0.25, 0.3) is 0 Å². The molecule has 0 spiro atoms. The highest BCUT2D eigenvalue weighted by molar-refractivity contribution is 5.52. The first-order chi connectivity index (χ1) is 7.63. The molecule has 0 bridgehead atoms. The molecule has 0 aromatic heterocycles. The average molecular weight is 226 g/mol. The molecule has 16 heavy (non-hydrogen) atoms. The predicted molar refractivity (Wildman–Crippen MR) is 57.6 cm³/mol. The maximum atomic E-state index is 13.3. The molecule has 2 unspecified atom stereocenters. The summed E-state index contributed by atoms with van der Waals surface area (Å²) >= 11 is 0. The molecule has 1 N–H and O–H groups in total. The van der Waals surface area contributed by atoms with Crippen molar-refractivity contribution < 1.29 is 19.0 Å². The van der Waals surface area contributed by atoms with Crippen molar-refractivity contribution in [1.82, 2.24) is 0 Å². The maximum absolute atomic E-state index is 13.3. The minimum absolute atomic E-state index is 0.0000794. The normalized spacial score (nSPS) is 17.2. The van der Waals surface area contributed by atoms with Crippen molar-refractivity contribution in [1.29, 1.82) is 0 Å². The number of rotatable bonds is 3. The monoisotopic (exact) mass is 226 g/mol. The van der Waals surface area contributed by atoms with Crippen LogP contribution in [0, 0.1) is 0 Å². The summed E-state index contributed by atoms with van der Waals surface area (Å²) in [6, 6.07) is 3.39. The molecule has 0 amide bonds. The van der Waals surface area contributed by atoms with Crippen LogP contribution in [-0.2, 0) is 0 Å². The molecule has 4 heteroatoms. The van der Waals surface area contributed by atoms with Crippen LogP contribution >= 0.6 is 0 Å². The summed E-state index contributed by atoms with van der Waals surface area (Å²) in [5.41, 5.74) is 1.36. The number of hydrogen-bond donors (Lipinski definition) is 1. The first-order valence-corrected chi connectivity index (χ1v) is 5.32. The van der Waals surface area contributed by atoms with Gasteiger partial charge in [0.15, 0.2) is 11.5 Å². The molecule has 1 aromatic carbocycles. The molecule has 1 heterocycles. The highest BCUT2D eigenvalue weighted by Crippen LogP contribution is 2.41. The second kappa shape index (κ2) is 4.29. The van der Waals surface area contributed by atoms with Crippen LogP contribution in [0.3, 0.4) is 0 Å². The minimum atomic E-state index is -1.06. The second-order valence-electron chi connectivity index (χ2n) is 4.04. The first-order valence-electron chi connectivity index (χ1n) is 5.32. The van der Waals surface area contributed by atoms with Gasteiger partial charge in [-0.1, -0.05) is 6.92 Å². The van der Waals surface area contributed by atoms with E-state index in [0.717, 1.165) is 5.56 Å². The van der Waals surface area contributed by atoms with Gasteiger partial charge in [0.1, 0.15) is 6.17 Å². The summed E-state index contributed by atoms with van der Waals surface area (Å²) in [5.74, 6) is 1.11. The summed E-state index contributed by atoms with van der Waals surface area (Å²) in [6.07, 6.45) is -1.06. The summed E-state index contributed by atoms with van der Waals surface area (Å²) < 4.78 is 23.9.